The van der Waals surface area contributed by atoms with Crippen LogP contribution < -0.4 is 5.32 Å². The van der Waals surface area contributed by atoms with E-state index in [9.17, 15) is 14.0 Å². The van der Waals surface area contributed by atoms with Crippen LogP contribution in [0.4, 0.5) is 4.39 Å². The first kappa shape index (κ1) is 15.7. The van der Waals surface area contributed by atoms with Crippen molar-refractivity contribution >= 4 is 11.8 Å². The summed E-state index contributed by atoms with van der Waals surface area (Å²) in [4.78, 5) is 24.1. The zero-order valence-electron chi connectivity index (χ0n) is 12.8. The Morgan fingerprint density at radius 2 is 2.10 bits per heavy atom. The first-order chi connectivity index (χ1) is 9.82. The molecule has 2 atom stereocenters. The van der Waals surface area contributed by atoms with Gasteiger partial charge in [-0.25, -0.2) is 4.39 Å². The van der Waals surface area contributed by atoms with Gasteiger partial charge in [-0.3, -0.25) is 14.9 Å². The lowest BCUT2D eigenvalue weighted by Gasteiger charge is -2.40. The SMILES string of the molecule is CC(C)CCC1(C)CC(=O)NC(=O)C1c1cccc(F)c1. The molecule has 0 saturated carbocycles. The van der Waals surface area contributed by atoms with Crippen molar-refractivity contribution in [3.63, 3.8) is 0 Å². The number of hydrogen-bond acceptors (Lipinski definition) is 2. The molecule has 0 aliphatic carbocycles. The lowest BCUT2D eigenvalue weighted by atomic mass is 9.65. The van der Waals surface area contributed by atoms with Crippen LogP contribution in [-0.2, 0) is 9.59 Å². The summed E-state index contributed by atoms with van der Waals surface area (Å²) in [5.74, 6) is -0.898. The van der Waals surface area contributed by atoms with E-state index in [2.05, 4.69) is 19.2 Å². The van der Waals surface area contributed by atoms with E-state index in [1.54, 1.807) is 12.1 Å². The standard InChI is InChI=1S/C17H22FNO2/c1-11(2)7-8-17(3)10-14(20)19-16(21)15(17)12-5-4-6-13(18)9-12/h4-6,9,11,15H,7-8,10H2,1-3H3,(H,19,20,21). The third-order valence-electron chi connectivity index (χ3n) is 4.26. The third kappa shape index (κ3) is 3.49. The van der Waals surface area contributed by atoms with Gasteiger partial charge < -0.3 is 0 Å². The molecule has 1 N–H and O–H groups in total. The Balaban J connectivity index is 2.37. The molecule has 114 valence electrons. The van der Waals surface area contributed by atoms with Gasteiger partial charge in [-0.05, 0) is 35.4 Å². The second-order valence-electron chi connectivity index (χ2n) is 6.66. The van der Waals surface area contributed by atoms with Crippen LogP contribution in [0.25, 0.3) is 0 Å². The fourth-order valence-electron chi connectivity index (χ4n) is 3.13. The second kappa shape index (κ2) is 5.96. The van der Waals surface area contributed by atoms with Gasteiger partial charge >= 0.3 is 0 Å². The fraction of sp³-hybridized carbons (Fsp3) is 0.529. The van der Waals surface area contributed by atoms with Gasteiger partial charge in [0.05, 0.1) is 5.92 Å². The summed E-state index contributed by atoms with van der Waals surface area (Å²) in [6.07, 6.45) is 2.00. The molecule has 2 amide bonds. The van der Waals surface area contributed by atoms with Crippen LogP contribution in [0.1, 0.15) is 51.5 Å². The minimum atomic E-state index is -0.482. The third-order valence-corrected chi connectivity index (χ3v) is 4.26. The van der Waals surface area contributed by atoms with Crippen LogP contribution in [0.3, 0.4) is 0 Å². The van der Waals surface area contributed by atoms with E-state index in [1.165, 1.54) is 12.1 Å². The summed E-state index contributed by atoms with van der Waals surface area (Å²) >= 11 is 0. The van der Waals surface area contributed by atoms with E-state index in [1.807, 2.05) is 6.92 Å². The maximum Gasteiger partial charge on any atom is 0.234 e. The molecule has 0 spiro atoms. The minimum Gasteiger partial charge on any atom is -0.296 e. The summed E-state index contributed by atoms with van der Waals surface area (Å²) in [5.41, 5.74) is 0.184. The van der Waals surface area contributed by atoms with Crippen LogP contribution in [0, 0.1) is 17.2 Å². The quantitative estimate of drug-likeness (QED) is 0.864. The van der Waals surface area contributed by atoms with E-state index in [0.717, 1.165) is 12.8 Å². The highest BCUT2D eigenvalue weighted by molar-refractivity contribution is 6.02. The number of carbonyl (C=O) groups is 2. The van der Waals surface area contributed by atoms with Crippen molar-refractivity contribution in [2.24, 2.45) is 11.3 Å². The molecule has 1 saturated heterocycles. The molecule has 2 unspecified atom stereocenters. The summed E-state index contributed by atoms with van der Waals surface area (Å²) < 4.78 is 13.5. The molecule has 3 nitrogen and oxygen atoms in total. The highest BCUT2D eigenvalue weighted by Gasteiger charge is 2.45. The Bertz CT molecular complexity index is 555. The molecule has 1 aromatic rings. The maximum absolute atomic E-state index is 13.5. The highest BCUT2D eigenvalue weighted by Crippen LogP contribution is 2.45. The van der Waals surface area contributed by atoms with E-state index < -0.39 is 11.3 Å². The first-order valence-electron chi connectivity index (χ1n) is 7.41. The first-order valence-corrected chi connectivity index (χ1v) is 7.41. The topological polar surface area (TPSA) is 46.2 Å². The molecule has 1 aliphatic rings. The largest absolute Gasteiger partial charge is 0.296 e. The van der Waals surface area contributed by atoms with Crippen molar-refractivity contribution in [3.05, 3.63) is 35.6 Å². The van der Waals surface area contributed by atoms with E-state index in [0.29, 0.717) is 17.9 Å². The van der Waals surface area contributed by atoms with E-state index >= 15 is 0 Å². The van der Waals surface area contributed by atoms with Crippen molar-refractivity contribution in [2.45, 2.75) is 46.0 Å². The molecular formula is C17H22FNO2. The molecule has 21 heavy (non-hydrogen) atoms. The Morgan fingerprint density at radius 1 is 1.38 bits per heavy atom. The van der Waals surface area contributed by atoms with Gasteiger partial charge in [0.15, 0.2) is 0 Å². The zero-order chi connectivity index (χ0) is 15.6. The van der Waals surface area contributed by atoms with Gasteiger partial charge in [-0.1, -0.05) is 39.3 Å². The Morgan fingerprint density at radius 3 is 2.71 bits per heavy atom. The van der Waals surface area contributed by atoms with Gasteiger partial charge in [0.25, 0.3) is 0 Å². The van der Waals surface area contributed by atoms with Crippen molar-refractivity contribution in [2.75, 3.05) is 0 Å². The summed E-state index contributed by atoms with van der Waals surface area (Å²) in [6.45, 7) is 6.19. The lowest BCUT2D eigenvalue weighted by Crippen LogP contribution is -2.49. The Hall–Kier alpha value is -1.71. The number of benzene rings is 1. The van der Waals surface area contributed by atoms with Crippen LogP contribution in [0.15, 0.2) is 24.3 Å². The summed E-state index contributed by atoms with van der Waals surface area (Å²) in [6, 6.07) is 6.13. The van der Waals surface area contributed by atoms with E-state index in [-0.39, 0.29) is 17.6 Å². The number of hydrogen-bond donors (Lipinski definition) is 1. The summed E-state index contributed by atoms with van der Waals surface area (Å²) in [5, 5.41) is 2.39. The van der Waals surface area contributed by atoms with Crippen LogP contribution >= 0.6 is 0 Å². The monoisotopic (exact) mass is 291 g/mol. The number of amides is 2. The fourth-order valence-corrected chi connectivity index (χ4v) is 3.13. The average molecular weight is 291 g/mol. The van der Waals surface area contributed by atoms with Crippen molar-refractivity contribution in [1.29, 1.82) is 0 Å². The van der Waals surface area contributed by atoms with Crippen LogP contribution in [0.5, 0.6) is 0 Å². The second-order valence-corrected chi connectivity index (χ2v) is 6.66. The number of nitrogens with one attached hydrogen (secondary N) is 1. The van der Waals surface area contributed by atoms with Gasteiger partial charge in [-0.2, -0.15) is 0 Å². The number of halogens is 1. The van der Waals surface area contributed by atoms with Crippen LogP contribution in [-0.4, -0.2) is 11.8 Å². The van der Waals surface area contributed by atoms with Gasteiger partial charge in [0.1, 0.15) is 5.82 Å². The average Bonchev–Trinajstić information content (AvgIpc) is 2.35. The predicted molar refractivity (Wildman–Crippen MR) is 79.1 cm³/mol. The molecule has 4 heteroatoms. The van der Waals surface area contributed by atoms with Crippen molar-refractivity contribution < 1.29 is 14.0 Å². The van der Waals surface area contributed by atoms with Crippen LogP contribution in [0.2, 0.25) is 0 Å². The smallest absolute Gasteiger partial charge is 0.234 e. The molecule has 0 aromatic heterocycles. The Kier molecular flexibility index (Phi) is 4.45. The van der Waals surface area contributed by atoms with Gasteiger partial charge in [0, 0.05) is 6.42 Å². The number of rotatable bonds is 4. The predicted octanol–water partition coefficient (Wildman–Crippen LogP) is 3.40. The number of carbonyl (C=O) groups excluding carboxylic acids is 2. The highest BCUT2D eigenvalue weighted by atomic mass is 19.1. The molecule has 0 bridgehead atoms. The number of piperidine rings is 1. The van der Waals surface area contributed by atoms with Crippen molar-refractivity contribution in [3.8, 4) is 0 Å². The van der Waals surface area contributed by atoms with Gasteiger partial charge in [0.2, 0.25) is 11.8 Å². The zero-order valence-corrected chi connectivity index (χ0v) is 12.8. The number of imide groups is 1. The molecule has 1 aromatic carbocycles. The molecule has 1 heterocycles. The molecule has 1 fully saturated rings. The molecule has 0 radical (unpaired) electrons. The molecular weight excluding hydrogens is 269 g/mol. The minimum absolute atomic E-state index is 0.237. The molecule has 1 aliphatic heterocycles. The lowest BCUT2D eigenvalue weighted by molar-refractivity contribution is -0.139. The maximum atomic E-state index is 13.5. The summed E-state index contributed by atoms with van der Waals surface area (Å²) in [7, 11) is 0. The normalized spacial score (nSPS) is 26.0. The van der Waals surface area contributed by atoms with Gasteiger partial charge in [-0.15, -0.1) is 0 Å². The Labute approximate surface area is 124 Å². The van der Waals surface area contributed by atoms with Crippen molar-refractivity contribution in [1.82, 2.24) is 5.32 Å². The van der Waals surface area contributed by atoms with E-state index in [4.69, 9.17) is 0 Å². The molecule has 2 rings (SSSR count).